The van der Waals surface area contributed by atoms with Gasteiger partial charge >= 0.3 is 0 Å². The molecule has 1 aliphatic heterocycles. The van der Waals surface area contributed by atoms with Crippen LogP contribution in [0.3, 0.4) is 0 Å². The van der Waals surface area contributed by atoms with E-state index in [2.05, 4.69) is 22.0 Å². The summed E-state index contributed by atoms with van der Waals surface area (Å²) < 4.78 is 27.1. The molecule has 164 valence electrons. The summed E-state index contributed by atoms with van der Waals surface area (Å²) in [6.07, 6.45) is 5.97. The predicted octanol–water partition coefficient (Wildman–Crippen LogP) is 3.50. The molecule has 2 aromatic rings. The first-order chi connectivity index (χ1) is 14.4. The molecule has 0 saturated carbocycles. The van der Waals surface area contributed by atoms with Crippen molar-refractivity contribution in [2.24, 2.45) is 5.92 Å². The summed E-state index contributed by atoms with van der Waals surface area (Å²) in [7, 11) is -3.39. The molecule has 30 heavy (non-hydrogen) atoms. The molecule has 2 heterocycles. The van der Waals surface area contributed by atoms with E-state index in [1.54, 1.807) is 13.1 Å². The lowest BCUT2D eigenvalue weighted by Crippen LogP contribution is -2.38. The molecule has 0 N–H and O–H groups in total. The largest absolute Gasteiger partial charge is 0.318 e. The topological polar surface area (TPSA) is 72.3 Å². The minimum Gasteiger partial charge on any atom is -0.318 e. The quantitative estimate of drug-likeness (QED) is 0.576. The van der Waals surface area contributed by atoms with Gasteiger partial charge in [-0.1, -0.05) is 44.2 Å². The lowest BCUT2D eigenvalue weighted by molar-refractivity contribution is -0.124. The number of likely N-dealkylation sites (tertiary alicyclic amines) is 1. The van der Waals surface area contributed by atoms with E-state index in [0.29, 0.717) is 25.3 Å². The average molecular weight is 432 g/mol. The van der Waals surface area contributed by atoms with E-state index in [1.807, 2.05) is 29.7 Å². The number of Topliss-reactive ketones (excluding diaryl/α,β-unsaturated/α-hetero) is 1. The number of aromatic nitrogens is 2. The lowest BCUT2D eigenvalue weighted by Gasteiger charge is -2.32. The van der Waals surface area contributed by atoms with E-state index in [-0.39, 0.29) is 16.8 Å². The summed E-state index contributed by atoms with van der Waals surface area (Å²) in [5.41, 5.74) is 2.16. The van der Waals surface area contributed by atoms with Gasteiger partial charge in [-0.25, -0.2) is 13.4 Å². The van der Waals surface area contributed by atoms with E-state index >= 15 is 0 Å². The first-order valence-corrected chi connectivity index (χ1v) is 12.7. The van der Waals surface area contributed by atoms with Gasteiger partial charge in [0.15, 0.2) is 0 Å². The van der Waals surface area contributed by atoms with Crippen LogP contribution in [0.4, 0.5) is 0 Å². The highest BCUT2D eigenvalue weighted by Gasteiger charge is 2.27. The number of sulfone groups is 1. The van der Waals surface area contributed by atoms with Gasteiger partial charge < -0.3 is 4.57 Å². The second-order valence-electron chi connectivity index (χ2n) is 8.07. The van der Waals surface area contributed by atoms with Crippen LogP contribution in [0.15, 0.2) is 41.7 Å². The number of rotatable bonds is 10. The normalized spacial score (nSPS) is 17.9. The zero-order valence-corrected chi connectivity index (χ0v) is 18.9. The van der Waals surface area contributed by atoms with Crippen molar-refractivity contribution < 1.29 is 13.2 Å². The van der Waals surface area contributed by atoms with Gasteiger partial charge in [0.25, 0.3) is 0 Å². The maximum atomic E-state index is 12.6. The summed E-state index contributed by atoms with van der Waals surface area (Å²) in [4.78, 5) is 18.7. The van der Waals surface area contributed by atoms with Gasteiger partial charge in [0.05, 0.1) is 17.6 Å². The molecule has 0 bridgehead atoms. The van der Waals surface area contributed by atoms with Gasteiger partial charge in [0.1, 0.15) is 5.78 Å². The molecule has 1 fully saturated rings. The number of aryl methyl sites for hydroxylation is 1. The molecule has 3 rings (SSSR count). The Kier molecular flexibility index (Phi) is 7.83. The fraction of sp³-hybridized carbons (Fsp3) is 0.565. The molecule has 1 aromatic heterocycles. The van der Waals surface area contributed by atoms with Crippen LogP contribution in [0.25, 0.3) is 0 Å². The lowest BCUT2D eigenvalue weighted by atomic mass is 9.92. The van der Waals surface area contributed by atoms with E-state index in [9.17, 15) is 13.2 Å². The Bertz CT molecular complexity index is 938. The first kappa shape index (κ1) is 22.7. The van der Waals surface area contributed by atoms with Crippen LogP contribution in [0, 0.1) is 5.92 Å². The summed E-state index contributed by atoms with van der Waals surface area (Å²) >= 11 is 0. The van der Waals surface area contributed by atoms with Crippen molar-refractivity contribution >= 4 is 15.6 Å². The molecule has 7 heteroatoms. The molecule has 1 atom stereocenters. The van der Waals surface area contributed by atoms with Crippen LogP contribution in [0.2, 0.25) is 0 Å². The van der Waals surface area contributed by atoms with Crippen molar-refractivity contribution in [3.8, 4) is 0 Å². The van der Waals surface area contributed by atoms with Gasteiger partial charge in [0.2, 0.25) is 15.0 Å². The van der Waals surface area contributed by atoms with E-state index < -0.39 is 9.84 Å². The van der Waals surface area contributed by atoms with E-state index in [4.69, 9.17) is 0 Å². The van der Waals surface area contributed by atoms with Crippen molar-refractivity contribution in [2.45, 2.75) is 64.2 Å². The third-order valence-corrected chi connectivity index (χ3v) is 7.59. The van der Waals surface area contributed by atoms with Gasteiger partial charge in [0, 0.05) is 32.0 Å². The van der Waals surface area contributed by atoms with Crippen molar-refractivity contribution in [1.29, 1.82) is 0 Å². The number of piperidine rings is 1. The maximum absolute atomic E-state index is 12.6. The third-order valence-electron chi connectivity index (χ3n) is 5.94. The Morgan fingerprint density at radius 3 is 2.67 bits per heavy atom. The minimum absolute atomic E-state index is 0.0406. The van der Waals surface area contributed by atoms with Gasteiger partial charge in [-0.2, -0.15) is 0 Å². The van der Waals surface area contributed by atoms with Gasteiger partial charge in [-0.05, 0) is 37.8 Å². The van der Waals surface area contributed by atoms with Crippen molar-refractivity contribution in [3.63, 3.8) is 0 Å². The van der Waals surface area contributed by atoms with Crippen molar-refractivity contribution in [3.05, 3.63) is 47.8 Å². The fourth-order valence-electron chi connectivity index (χ4n) is 4.20. The maximum Gasteiger partial charge on any atom is 0.227 e. The number of carbonyl (C=O) groups is 1. The second-order valence-corrected chi connectivity index (χ2v) is 10.2. The minimum atomic E-state index is -3.39. The Labute approximate surface area is 180 Å². The third kappa shape index (κ3) is 5.58. The standard InChI is InChI=1S/C23H33N3O3S/c1-3-22(27)20-13-9-14-25(17-20)18-21-16-24-23(30(28,29)4-2)26(21)15-8-12-19-10-6-5-7-11-19/h5-7,10-11,16,20H,3-4,8-9,12-15,17-18H2,1-2H3. The van der Waals surface area contributed by atoms with E-state index in [0.717, 1.165) is 44.5 Å². The van der Waals surface area contributed by atoms with E-state index in [1.165, 1.54) is 5.56 Å². The molecule has 1 aromatic carbocycles. The number of imidazole rings is 1. The molecule has 1 saturated heterocycles. The van der Waals surface area contributed by atoms with Gasteiger partial charge in [-0.3, -0.25) is 9.69 Å². The second kappa shape index (κ2) is 10.4. The van der Waals surface area contributed by atoms with Crippen molar-refractivity contribution in [2.75, 3.05) is 18.8 Å². The molecular weight excluding hydrogens is 398 g/mol. The van der Waals surface area contributed by atoms with Crippen LogP contribution in [-0.2, 0) is 34.1 Å². The average Bonchev–Trinajstić information content (AvgIpc) is 3.17. The van der Waals surface area contributed by atoms with Gasteiger partial charge in [-0.15, -0.1) is 0 Å². The zero-order chi connectivity index (χ0) is 21.6. The molecule has 1 unspecified atom stereocenters. The Hall–Kier alpha value is -1.99. The molecular formula is C23H33N3O3S. The summed E-state index contributed by atoms with van der Waals surface area (Å²) in [6, 6.07) is 10.2. The molecule has 1 aliphatic rings. The van der Waals surface area contributed by atoms with Crippen LogP contribution >= 0.6 is 0 Å². The Morgan fingerprint density at radius 1 is 1.20 bits per heavy atom. The first-order valence-electron chi connectivity index (χ1n) is 11.0. The SMILES string of the molecule is CCC(=O)C1CCCN(Cc2cnc(S(=O)(=O)CC)n2CCCc2ccccc2)C1. The number of hydrogen-bond acceptors (Lipinski definition) is 5. The van der Waals surface area contributed by atoms with Crippen LogP contribution in [0.5, 0.6) is 0 Å². The molecule has 6 nitrogen and oxygen atoms in total. The number of carbonyl (C=O) groups excluding carboxylic acids is 1. The van der Waals surface area contributed by atoms with Crippen LogP contribution in [-0.4, -0.2) is 47.5 Å². The predicted molar refractivity (Wildman–Crippen MR) is 118 cm³/mol. The van der Waals surface area contributed by atoms with Crippen LogP contribution in [0.1, 0.15) is 50.8 Å². The summed E-state index contributed by atoms with van der Waals surface area (Å²) in [5, 5.41) is 0.172. The highest BCUT2D eigenvalue weighted by Crippen LogP contribution is 2.22. The zero-order valence-electron chi connectivity index (χ0n) is 18.1. The summed E-state index contributed by atoms with van der Waals surface area (Å²) in [6.45, 7) is 6.50. The molecule has 0 amide bonds. The fourth-order valence-corrected chi connectivity index (χ4v) is 5.22. The molecule has 0 spiro atoms. The number of benzene rings is 1. The number of hydrogen-bond donors (Lipinski definition) is 0. The van der Waals surface area contributed by atoms with Crippen LogP contribution < -0.4 is 0 Å². The smallest absolute Gasteiger partial charge is 0.227 e. The Morgan fingerprint density at radius 2 is 1.97 bits per heavy atom. The number of ketones is 1. The molecule has 0 aliphatic carbocycles. The highest BCUT2D eigenvalue weighted by atomic mass is 32.2. The molecule has 0 radical (unpaired) electrons. The van der Waals surface area contributed by atoms with Crippen molar-refractivity contribution in [1.82, 2.24) is 14.5 Å². The highest BCUT2D eigenvalue weighted by molar-refractivity contribution is 7.91. The number of nitrogens with zero attached hydrogens (tertiary/aromatic N) is 3. The Balaban J connectivity index is 1.75. The monoisotopic (exact) mass is 431 g/mol. The summed E-state index contributed by atoms with van der Waals surface area (Å²) in [5.74, 6) is 0.459.